The monoisotopic (exact) mass is 238 g/mol. The number of aromatic nitrogens is 1. The van der Waals surface area contributed by atoms with E-state index in [1.54, 1.807) is 24.5 Å². The van der Waals surface area contributed by atoms with Crippen LogP contribution in [0.1, 0.15) is 12.8 Å². The molecule has 0 bridgehead atoms. The predicted octanol–water partition coefficient (Wildman–Crippen LogP) is 1.06. The average molecular weight is 238 g/mol. The molecule has 1 aromatic heterocycles. The van der Waals surface area contributed by atoms with Crippen LogP contribution in [-0.2, 0) is 9.59 Å². The molecule has 0 aliphatic heterocycles. The molecule has 17 heavy (non-hydrogen) atoms. The molecule has 0 aromatic carbocycles. The summed E-state index contributed by atoms with van der Waals surface area (Å²) < 4.78 is 0. The van der Waals surface area contributed by atoms with Crippen molar-refractivity contribution in [2.45, 2.75) is 12.8 Å². The van der Waals surface area contributed by atoms with Gasteiger partial charge in [0.25, 0.3) is 0 Å². The third kappa shape index (κ3) is 4.96. The molecule has 1 heterocycles. The highest BCUT2D eigenvalue weighted by atomic mass is 16.4. The molecule has 0 aliphatic rings. The molecular formula is C11H14N2O4. The van der Waals surface area contributed by atoms with Gasteiger partial charge in [0.15, 0.2) is 0 Å². The fourth-order valence-electron chi connectivity index (χ4n) is 1.32. The summed E-state index contributed by atoms with van der Waals surface area (Å²) in [5, 5.41) is 20.4. The lowest BCUT2D eigenvalue weighted by Gasteiger charge is -2.12. The summed E-state index contributed by atoms with van der Waals surface area (Å²) in [6, 6.07) is 3.44. The molecule has 6 heteroatoms. The van der Waals surface area contributed by atoms with E-state index < -0.39 is 17.9 Å². The lowest BCUT2D eigenvalue weighted by atomic mass is 10.0. The van der Waals surface area contributed by atoms with Crippen LogP contribution in [0.4, 0.5) is 5.69 Å². The van der Waals surface area contributed by atoms with Gasteiger partial charge in [-0.05, 0) is 18.6 Å². The molecule has 0 saturated heterocycles. The van der Waals surface area contributed by atoms with Crippen LogP contribution in [0.5, 0.6) is 0 Å². The summed E-state index contributed by atoms with van der Waals surface area (Å²) in [6.45, 7) is 0.201. The van der Waals surface area contributed by atoms with Gasteiger partial charge in [0, 0.05) is 31.0 Å². The molecule has 6 nitrogen and oxygen atoms in total. The first-order chi connectivity index (χ1) is 8.09. The number of carboxylic acid groups (broad SMARTS) is 2. The van der Waals surface area contributed by atoms with Crippen LogP contribution < -0.4 is 5.32 Å². The Hall–Kier alpha value is -2.11. The van der Waals surface area contributed by atoms with Crippen molar-refractivity contribution in [2.75, 3.05) is 11.9 Å². The van der Waals surface area contributed by atoms with Crippen molar-refractivity contribution in [3.63, 3.8) is 0 Å². The molecule has 0 amide bonds. The Bertz CT molecular complexity index is 380. The highest BCUT2D eigenvalue weighted by molar-refractivity contribution is 5.72. The van der Waals surface area contributed by atoms with Gasteiger partial charge >= 0.3 is 11.9 Å². The summed E-state index contributed by atoms with van der Waals surface area (Å²) in [5.41, 5.74) is 0.765. The molecule has 1 atom stereocenters. The van der Waals surface area contributed by atoms with Crippen LogP contribution in [0.25, 0.3) is 0 Å². The Morgan fingerprint density at radius 2 is 1.94 bits per heavy atom. The van der Waals surface area contributed by atoms with Gasteiger partial charge < -0.3 is 15.5 Å². The zero-order valence-electron chi connectivity index (χ0n) is 9.17. The molecule has 3 N–H and O–H groups in total. The third-order valence-corrected chi connectivity index (χ3v) is 2.29. The topological polar surface area (TPSA) is 99.5 Å². The average Bonchev–Trinajstić information content (AvgIpc) is 2.29. The second-order valence-electron chi connectivity index (χ2n) is 3.58. The SMILES string of the molecule is O=C(O)CCC(CNc1ccncc1)C(=O)O. The van der Waals surface area contributed by atoms with Gasteiger partial charge in [-0.2, -0.15) is 0 Å². The van der Waals surface area contributed by atoms with E-state index in [1.807, 2.05) is 0 Å². The number of nitrogens with zero attached hydrogens (tertiary/aromatic N) is 1. The molecule has 0 spiro atoms. The number of anilines is 1. The minimum atomic E-state index is -0.993. The predicted molar refractivity (Wildman–Crippen MR) is 60.7 cm³/mol. The summed E-state index contributed by atoms with van der Waals surface area (Å²) in [5.74, 6) is -2.69. The lowest BCUT2D eigenvalue weighted by Crippen LogP contribution is -2.23. The van der Waals surface area contributed by atoms with Gasteiger partial charge in [-0.15, -0.1) is 0 Å². The largest absolute Gasteiger partial charge is 0.481 e. The van der Waals surface area contributed by atoms with Crippen LogP contribution in [-0.4, -0.2) is 33.7 Å². The van der Waals surface area contributed by atoms with E-state index in [-0.39, 0.29) is 19.4 Å². The van der Waals surface area contributed by atoms with Crippen LogP contribution in [0.15, 0.2) is 24.5 Å². The molecule has 0 saturated carbocycles. The van der Waals surface area contributed by atoms with Gasteiger partial charge in [-0.3, -0.25) is 14.6 Å². The Labute approximate surface area is 98.3 Å². The number of nitrogens with one attached hydrogen (secondary N) is 1. The molecule has 0 radical (unpaired) electrons. The maximum absolute atomic E-state index is 10.9. The summed E-state index contributed by atoms with van der Waals surface area (Å²) in [6.07, 6.45) is 3.16. The Kier molecular flexibility index (Phi) is 4.93. The smallest absolute Gasteiger partial charge is 0.308 e. The van der Waals surface area contributed by atoms with Gasteiger partial charge in [-0.25, -0.2) is 0 Å². The van der Waals surface area contributed by atoms with E-state index in [0.29, 0.717) is 0 Å². The van der Waals surface area contributed by atoms with Gasteiger partial charge in [0.05, 0.1) is 5.92 Å². The Morgan fingerprint density at radius 1 is 1.29 bits per heavy atom. The normalized spacial score (nSPS) is 11.8. The zero-order chi connectivity index (χ0) is 12.7. The molecule has 1 aromatic rings. The van der Waals surface area contributed by atoms with Crippen LogP contribution >= 0.6 is 0 Å². The van der Waals surface area contributed by atoms with Crippen LogP contribution in [0.3, 0.4) is 0 Å². The van der Waals surface area contributed by atoms with Gasteiger partial charge in [0.2, 0.25) is 0 Å². The quantitative estimate of drug-likeness (QED) is 0.656. The number of carboxylic acids is 2. The molecule has 1 rings (SSSR count). The lowest BCUT2D eigenvalue weighted by molar-refractivity contribution is -0.142. The van der Waals surface area contributed by atoms with Crippen molar-refractivity contribution in [1.82, 2.24) is 4.98 Å². The second kappa shape index (κ2) is 6.47. The second-order valence-corrected chi connectivity index (χ2v) is 3.58. The fraction of sp³-hybridized carbons (Fsp3) is 0.364. The first kappa shape index (κ1) is 13.0. The fourth-order valence-corrected chi connectivity index (χ4v) is 1.32. The number of rotatable bonds is 7. The van der Waals surface area contributed by atoms with Crippen molar-refractivity contribution in [3.05, 3.63) is 24.5 Å². The summed E-state index contributed by atoms with van der Waals surface area (Å²) in [4.78, 5) is 25.1. The van der Waals surface area contributed by atoms with Crippen molar-refractivity contribution < 1.29 is 19.8 Å². The molecule has 0 fully saturated rings. The highest BCUT2D eigenvalue weighted by Gasteiger charge is 2.18. The van der Waals surface area contributed by atoms with E-state index in [4.69, 9.17) is 10.2 Å². The number of carbonyl (C=O) groups is 2. The van der Waals surface area contributed by atoms with Crippen LogP contribution in [0.2, 0.25) is 0 Å². The molecule has 0 aliphatic carbocycles. The van der Waals surface area contributed by atoms with E-state index >= 15 is 0 Å². The van der Waals surface area contributed by atoms with Gasteiger partial charge in [0.1, 0.15) is 0 Å². The molecular weight excluding hydrogens is 224 g/mol. The third-order valence-electron chi connectivity index (χ3n) is 2.29. The van der Waals surface area contributed by atoms with Crippen molar-refractivity contribution in [2.24, 2.45) is 5.92 Å². The highest BCUT2D eigenvalue weighted by Crippen LogP contribution is 2.10. The van der Waals surface area contributed by atoms with Crippen LogP contribution in [0, 0.1) is 5.92 Å². The summed E-state index contributed by atoms with van der Waals surface area (Å²) >= 11 is 0. The summed E-state index contributed by atoms with van der Waals surface area (Å²) in [7, 11) is 0. The molecule has 1 unspecified atom stereocenters. The van der Waals surface area contributed by atoms with Crippen molar-refractivity contribution >= 4 is 17.6 Å². The zero-order valence-corrected chi connectivity index (χ0v) is 9.17. The number of hydrogen-bond donors (Lipinski definition) is 3. The maximum atomic E-state index is 10.9. The first-order valence-corrected chi connectivity index (χ1v) is 5.18. The Balaban J connectivity index is 2.45. The van der Waals surface area contributed by atoms with E-state index in [9.17, 15) is 9.59 Å². The number of aliphatic carboxylic acids is 2. The van der Waals surface area contributed by atoms with Gasteiger partial charge in [-0.1, -0.05) is 0 Å². The number of pyridine rings is 1. The van der Waals surface area contributed by atoms with E-state index in [2.05, 4.69) is 10.3 Å². The van der Waals surface area contributed by atoms with Crippen molar-refractivity contribution in [1.29, 1.82) is 0 Å². The minimum Gasteiger partial charge on any atom is -0.481 e. The first-order valence-electron chi connectivity index (χ1n) is 5.18. The van der Waals surface area contributed by atoms with Crippen molar-refractivity contribution in [3.8, 4) is 0 Å². The standard InChI is InChI=1S/C11H14N2O4/c14-10(15)2-1-8(11(16)17)7-13-9-3-5-12-6-4-9/h3-6,8H,1-2,7H2,(H,12,13)(H,14,15)(H,16,17). The molecule has 92 valence electrons. The minimum absolute atomic E-state index is 0.114. The van der Waals surface area contributed by atoms with E-state index in [1.165, 1.54) is 0 Å². The number of hydrogen-bond acceptors (Lipinski definition) is 4. The van der Waals surface area contributed by atoms with E-state index in [0.717, 1.165) is 5.69 Å². The maximum Gasteiger partial charge on any atom is 0.308 e. The Morgan fingerprint density at radius 3 is 2.47 bits per heavy atom.